The molecule has 8 nitrogen and oxygen atoms in total. The fraction of sp³-hybridized carbons (Fsp3) is 0.619. The first-order chi connectivity index (χ1) is 14.3. The number of hydrogen-bond donors (Lipinski definition) is 2. The summed E-state index contributed by atoms with van der Waals surface area (Å²) in [5.41, 5.74) is 0.340. The van der Waals surface area contributed by atoms with E-state index in [1.807, 2.05) is 12.1 Å². The molecule has 2 fully saturated rings. The van der Waals surface area contributed by atoms with Crippen LogP contribution in [0.5, 0.6) is 0 Å². The Morgan fingerprint density at radius 3 is 2.20 bits per heavy atom. The van der Waals surface area contributed by atoms with E-state index in [1.165, 1.54) is 13.5 Å². The third kappa shape index (κ3) is 5.65. The number of carbonyl (C=O) groups is 2. The summed E-state index contributed by atoms with van der Waals surface area (Å²) >= 11 is 0. The van der Waals surface area contributed by atoms with E-state index < -0.39 is 33.2 Å². The SMILES string of the molecule is COC(=O)C1(NC(=O)CS(=O)(=O)Nc2ccc(N3CCCCC3)cc2)CCCCC1. The highest BCUT2D eigenvalue weighted by Crippen LogP contribution is 2.29. The second-order valence-corrected chi connectivity index (χ2v) is 9.86. The Morgan fingerprint density at radius 2 is 1.60 bits per heavy atom. The molecule has 0 atom stereocenters. The number of rotatable bonds is 7. The Labute approximate surface area is 178 Å². The number of amides is 1. The zero-order valence-electron chi connectivity index (χ0n) is 17.5. The van der Waals surface area contributed by atoms with Gasteiger partial charge in [0.1, 0.15) is 11.3 Å². The lowest BCUT2D eigenvalue weighted by atomic mass is 9.81. The second-order valence-electron chi connectivity index (χ2n) is 8.14. The zero-order valence-corrected chi connectivity index (χ0v) is 18.3. The molecule has 1 saturated carbocycles. The highest BCUT2D eigenvalue weighted by molar-refractivity contribution is 7.93. The largest absolute Gasteiger partial charge is 0.467 e. The van der Waals surface area contributed by atoms with Crippen LogP contribution in [0, 0.1) is 0 Å². The molecule has 1 heterocycles. The molecule has 0 unspecified atom stereocenters. The molecular formula is C21H31N3O5S. The van der Waals surface area contributed by atoms with Gasteiger partial charge in [-0.2, -0.15) is 0 Å². The van der Waals surface area contributed by atoms with E-state index in [0.29, 0.717) is 18.5 Å². The van der Waals surface area contributed by atoms with Gasteiger partial charge in [-0.05, 0) is 56.4 Å². The maximum Gasteiger partial charge on any atom is 0.331 e. The van der Waals surface area contributed by atoms with Crippen LogP contribution in [-0.2, 0) is 24.3 Å². The first-order valence-electron chi connectivity index (χ1n) is 10.6. The second kappa shape index (κ2) is 9.68. The maximum atomic E-state index is 12.5. The van der Waals surface area contributed by atoms with E-state index in [4.69, 9.17) is 4.74 Å². The monoisotopic (exact) mass is 437 g/mol. The van der Waals surface area contributed by atoms with E-state index in [9.17, 15) is 18.0 Å². The minimum Gasteiger partial charge on any atom is -0.467 e. The van der Waals surface area contributed by atoms with Crippen LogP contribution >= 0.6 is 0 Å². The van der Waals surface area contributed by atoms with Crippen molar-refractivity contribution in [3.8, 4) is 0 Å². The standard InChI is InChI=1S/C21H31N3O5S/c1-29-20(26)21(12-4-2-5-13-21)22-19(25)16-30(27,28)23-17-8-10-18(11-9-17)24-14-6-3-7-15-24/h8-11,23H,2-7,12-16H2,1H3,(H,22,25). The summed E-state index contributed by atoms with van der Waals surface area (Å²) in [6.07, 6.45) is 7.02. The fourth-order valence-corrected chi connectivity index (χ4v) is 5.30. The third-order valence-corrected chi connectivity index (χ3v) is 7.03. The molecule has 1 aliphatic heterocycles. The number of methoxy groups -OCH3 is 1. The van der Waals surface area contributed by atoms with Gasteiger partial charge < -0.3 is 15.0 Å². The maximum absolute atomic E-state index is 12.5. The van der Waals surface area contributed by atoms with Crippen molar-refractivity contribution in [1.29, 1.82) is 0 Å². The summed E-state index contributed by atoms with van der Waals surface area (Å²) in [6.45, 7) is 2.01. The number of benzene rings is 1. The lowest BCUT2D eigenvalue weighted by Crippen LogP contribution is -2.57. The van der Waals surface area contributed by atoms with Crippen molar-refractivity contribution in [3.05, 3.63) is 24.3 Å². The number of ether oxygens (including phenoxy) is 1. The van der Waals surface area contributed by atoms with Crippen LogP contribution in [0.15, 0.2) is 24.3 Å². The van der Waals surface area contributed by atoms with Crippen LogP contribution in [0.2, 0.25) is 0 Å². The van der Waals surface area contributed by atoms with Gasteiger partial charge in [-0.15, -0.1) is 0 Å². The number of sulfonamides is 1. The number of piperidine rings is 1. The summed E-state index contributed by atoms with van der Waals surface area (Å²) in [5, 5.41) is 2.64. The topological polar surface area (TPSA) is 105 Å². The number of carbonyl (C=O) groups excluding carboxylic acids is 2. The molecule has 3 rings (SSSR count). The number of esters is 1. The molecule has 0 spiro atoms. The lowest BCUT2D eigenvalue weighted by molar-refractivity contribution is -0.152. The first kappa shape index (κ1) is 22.4. The van der Waals surface area contributed by atoms with Gasteiger partial charge in [-0.25, -0.2) is 13.2 Å². The van der Waals surface area contributed by atoms with Gasteiger partial charge in [0, 0.05) is 24.5 Å². The van der Waals surface area contributed by atoms with Gasteiger partial charge in [0.2, 0.25) is 15.9 Å². The van der Waals surface area contributed by atoms with E-state index in [2.05, 4.69) is 14.9 Å². The van der Waals surface area contributed by atoms with Crippen LogP contribution in [0.3, 0.4) is 0 Å². The van der Waals surface area contributed by atoms with E-state index in [1.54, 1.807) is 12.1 Å². The quantitative estimate of drug-likeness (QED) is 0.635. The van der Waals surface area contributed by atoms with Gasteiger partial charge in [-0.3, -0.25) is 9.52 Å². The minimum absolute atomic E-state index is 0.406. The van der Waals surface area contributed by atoms with Crippen LogP contribution in [-0.4, -0.2) is 51.8 Å². The molecule has 2 aliphatic rings. The average molecular weight is 438 g/mol. The highest BCUT2D eigenvalue weighted by Gasteiger charge is 2.42. The summed E-state index contributed by atoms with van der Waals surface area (Å²) in [6, 6.07) is 7.18. The number of anilines is 2. The van der Waals surface area contributed by atoms with Crippen LogP contribution in [0.25, 0.3) is 0 Å². The van der Waals surface area contributed by atoms with Crippen molar-refractivity contribution >= 4 is 33.3 Å². The van der Waals surface area contributed by atoms with Crippen molar-refractivity contribution in [2.75, 3.05) is 35.6 Å². The fourth-order valence-electron chi connectivity index (χ4n) is 4.31. The Bertz CT molecular complexity index is 842. The van der Waals surface area contributed by atoms with Crippen molar-refractivity contribution in [3.63, 3.8) is 0 Å². The minimum atomic E-state index is -3.91. The first-order valence-corrected chi connectivity index (χ1v) is 12.2. The van der Waals surface area contributed by atoms with E-state index in [-0.39, 0.29) is 0 Å². The summed E-state index contributed by atoms with van der Waals surface area (Å²) in [7, 11) is -2.63. The molecule has 30 heavy (non-hydrogen) atoms. The molecule has 0 radical (unpaired) electrons. The van der Waals surface area contributed by atoms with Gasteiger partial charge >= 0.3 is 5.97 Å². The Balaban J connectivity index is 1.60. The molecule has 1 aromatic carbocycles. The van der Waals surface area contributed by atoms with E-state index in [0.717, 1.165) is 50.9 Å². The van der Waals surface area contributed by atoms with Crippen LogP contribution in [0.4, 0.5) is 11.4 Å². The van der Waals surface area contributed by atoms with Gasteiger partial charge in [0.25, 0.3) is 0 Å². The van der Waals surface area contributed by atoms with Gasteiger partial charge in [0.15, 0.2) is 0 Å². The number of hydrogen-bond acceptors (Lipinski definition) is 6. The van der Waals surface area contributed by atoms with Gasteiger partial charge in [-0.1, -0.05) is 19.3 Å². The average Bonchev–Trinajstić information content (AvgIpc) is 2.74. The van der Waals surface area contributed by atoms with Gasteiger partial charge in [0.05, 0.1) is 7.11 Å². The number of nitrogens with zero attached hydrogens (tertiary/aromatic N) is 1. The lowest BCUT2D eigenvalue weighted by Gasteiger charge is -2.35. The van der Waals surface area contributed by atoms with Crippen LogP contribution < -0.4 is 14.9 Å². The molecule has 1 amide bonds. The summed E-state index contributed by atoms with van der Waals surface area (Å²) in [5.74, 6) is -1.98. The summed E-state index contributed by atoms with van der Waals surface area (Å²) in [4.78, 5) is 27.0. The predicted octanol–water partition coefficient (Wildman–Crippen LogP) is 2.41. The highest BCUT2D eigenvalue weighted by atomic mass is 32.2. The van der Waals surface area contributed by atoms with Crippen LogP contribution in [0.1, 0.15) is 51.4 Å². The molecule has 0 bridgehead atoms. The zero-order chi connectivity index (χ0) is 21.6. The molecule has 0 aromatic heterocycles. The smallest absolute Gasteiger partial charge is 0.331 e. The normalized spacial score (nSPS) is 19.0. The molecule has 1 aliphatic carbocycles. The van der Waals surface area contributed by atoms with Crippen molar-refractivity contribution < 1.29 is 22.7 Å². The molecule has 2 N–H and O–H groups in total. The van der Waals surface area contributed by atoms with Crippen molar-refractivity contribution in [1.82, 2.24) is 5.32 Å². The molecule has 1 aromatic rings. The van der Waals surface area contributed by atoms with Crippen molar-refractivity contribution in [2.24, 2.45) is 0 Å². The Hall–Kier alpha value is -2.29. The Kier molecular flexibility index (Phi) is 7.23. The third-order valence-electron chi connectivity index (χ3n) is 5.84. The molecular weight excluding hydrogens is 406 g/mol. The predicted molar refractivity (Wildman–Crippen MR) is 116 cm³/mol. The van der Waals surface area contributed by atoms with Crippen molar-refractivity contribution in [2.45, 2.75) is 56.9 Å². The number of nitrogens with one attached hydrogen (secondary N) is 2. The Morgan fingerprint density at radius 1 is 1.00 bits per heavy atom. The van der Waals surface area contributed by atoms with E-state index >= 15 is 0 Å². The summed E-state index contributed by atoms with van der Waals surface area (Å²) < 4.78 is 32.3. The molecule has 9 heteroatoms. The molecule has 1 saturated heterocycles. The molecule has 166 valence electrons.